The second-order valence-corrected chi connectivity index (χ2v) is 9.72. The van der Waals surface area contributed by atoms with E-state index in [2.05, 4.69) is 13.8 Å². The largest absolute Gasteiger partial charge is 0.493 e. The Labute approximate surface area is 223 Å². The molecule has 1 aromatic heterocycles. The Bertz CT molecular complexity index is 1270. The first-order valence-corrected chi connectivity index (χ1v) is 13.2. The molecule has 1 aliphatic heterocycles. The van der Waals surface area contributed by atoms with Crippen molar-refractivity contribution >= 4 is 28.9 Å². The van der Waals surface area contributed by atoms with Gasteiger partial charge in [-0.3, -0.25) is 14.5 Å². The van der Waals surface area contributed by atoms with Crippen LogP contribution in [0.2, 0.25) is 0 Å². The first-order chi connectivity index (χ1) is 18.4. The van der Waals surface area contributed by atoms with Crippen LogP contribution in [0.15, 0.2) is 42.5 Å². The third-order valence-corrected chi connectivity index (χ3v) is 6.70. The number of hydrogen-bond acceptors (Lipinski definition) is 7. The van der Waals surface area contributed by atoms with Gasteiger partial charge in [0.05, 0.1) is 37.4 Å². The van der Waals surface area contributed by atoms with Gasteiger partial charge in [0.1, 0.15) is 0 Å². The minimum Gasteiger partial charge on any atom is -0.493 e. The van der Waals surface area contributed by atoms with Crippen LogP contribution in [0.5, 0.6) is 11.5 Å². The smallest absolute Gasteiger partial charge is 0.321 e. The van der Waals surface area contributed by atoms with Gasteiger partial charge < -0.3 is 23.5 Å². The fourth-order valence-electron chi connectivity index (χ4n) is 4.82. The molecule has 3 aromatic rings. The van der Waals surface area contributed by atoms with Crippen molar-refractivity contribution in [3.63, 3.8) is 0 Å². The minimum atomic E-state index is -1.10. The molecule has 1 aliphatic rings. The minimum absolute atomic E-state index is 0.169. The summed E-state index contributed by atoms with van der Waals surface area (Å²) in [5.74, 6) is 0.147. The molecule has 2 aromatic carbocycles. The number of benzene rings is 2. The van der Waals surface area contributed by atoms with E-state index < -0.39 is 17.9 Å². The van der Waals surface area contributed by atoms with Gasteiger partial charge in [-0.05, 0) is 55.5 Å². The molecule has 0 unspecified atom stereocenters. The van der Waals surface area contributed by atoms with E-state index in [1.165, 1.54) is 0 Å². The summed E-state index contributed by atoms with van der Waals surface area (Å²) in [6.07, 6.45) is 1.51. The van der Waals surface area contributed by atoms with E-state index in [0.717, 1.165) is 23.0 Å². The number of para-hydroxylation sites is 2. The van der Waals surface area contributed by atoms with E-state index in [4.69, 9.17) is 23.9 Å². The van der Waals surface area contributed by atoms with Crippen LogP contribution in [0, 0.1) is 11.8 Å². The van der Waals surface area contributed by atoms with E-state index in [1.54, 1.807) is 26.0 Å². The first-order valence-electron chi connectivity index (χ1n) is 13.2. The molecule has 0 fully saturated rings. The summed E-state index contributed by atoms with van der Waals surface area (Å²) < 4.78 is 24.3. The predicted octanol–water partition coefficient (Wildman–Crippen LogP) is 4.62. The number of nitrogens with zero attached hydrogens (tertiary/aromatic N) is 3. The molecule has 4 rings (SSSR count). The van der Waals surface area contributed by atoms with Crippen LogP contribution in [0.3, 0.4) is 0 Å². The van der Waals surface area contributed by atoms with Crippen LogP contribution in [-0.2, 0) is 19.1 Å². The average Bonchev–Trinajstić information content (AvgIpc) is 3.28. The van der Waals surface area contributed by atoms with Gasteiger partial charge in [0.15, 0.2) is 17.4 Å². The van der Waals surface area contributed by atoms with Crippen molar-refractivity contribution in [2.45, 2.75) is 39.7 Å². The summed E-state index contributed by atoms with van der Waals surface area (Å²) in [6, 6.07) is 12.6. The van der Waals surface area contributed by atoms with E-state index >= 15 is 0 Å². The van der Waals surface area contributed by atoms with Crippen molar-refractivity contribution in [1.82, 2.24) is 9.55 Å². The van der Waals surface area contributed by atoms with Gasteiger partial charge in [0.2, 0.25) is 11.9 Å². The Hall–Kier alpha value is -3.59. The SMILES string of the molecule is CCOC(=O)[C@H]1C(=O)N(CCCOC)c2nc3ccccc3n2[C@@H]1c1ccc(OCCC(C)C)c(OC)c1. The van der Waals surface area contributed by atoms with E-state index in [-0.39, 0.29) is 12.5 Å². The van der Waals surface area contributed by atoms with E-state index in [1.807, 2.05) is 47.0 Å². The molecule has 2 heterocycles. The maximum Gasteiger partial charge on any atom is 0.321 e. The molecule has 9 nitrogen and oxygen atoms in total. The zero-order valence-electron chi connectivity index (χ0n) is 22.8. The first kappa shape index (κ1) is 27.4. The second kappa shape index (κ2) is 12.3. The van der Waals surface area contributed by atoms with Crippen molar-refractivity contribution in [1.29, 1.82) is 0 Å². The van der Waals surface area contributed by atoms with Crippen molar-refractivity contribution in [2.24, 2.45) is 11.8 Å². The van der Waals surface area contributed by atoms with Gasteiger partial charge in [0, 0.05) is 20.3 Å². The summed E-state index contributed by atoms with van der Waals surface area (Å²) in [6.45, 7) is 7.60. The average molecular weight is 524 g/mol. The lowest BCUT2D eigenvalue weighted by molar-refractivity contribution is -0.153. The number of rotatable bonds is 12. The number of aromatic nitrogens is 2. The third kappa shape index (κ3) is 5.48. The van der Waals surface area contributed by atoms with Gasteiger partial charge >= 0.3 is 5.97 Å². The summed E-state index contributed by atoms with van der Waals surface area (Å²) in [7, 11) is 3.20. The number of carbonyl (C=O) groups is 2. The fraction of sp³-hybridized carbons (Fsp3) is 0.483. The molecule has 0 saturated carbocycles. The van der Waals surface area contributed by atoms with Crippen molar-refractivity contribution in [3.05, 3.63) is 48.0 Å². The van der Waals surface area contributed by atoms with Crippen molar-refractivity contribution in [2.75, 3.05) is 45.5 Å². The molecule has 0 saturated heterocycles. The normalized spacial score (nSPS) is 17.1. The summed E-state index contributed by atoms with van der Waals surface area (Å²) in [4.78, 5) is 33.7. The van der Waals surface area contributed by atoms with Crippen molar-refractivity contribution in [3.8, 4) is 11.5 Å². The summed E-state index contributed by atoms with van der Waals surface area (Å²) in [5, 5.41) is 0. The molecule has 0 aliphatic carbocycles. The van der Waals surface area contributed by atoms with Crippen molar-refractivity contribution < 1.29 is 28.5 Å². The highest BCUT2D eigenvalue weighted by atomic mass is 16.5. The standard InChI is InChI=1S/C29H37N3O6/c1-6-37-28(34)25-26(20-12-13-23(24(18-20)36-5)38-17-14-19(2)3)32-22-11-8-7-10-21(22)30-29(32)31(27(25)33)15-9-16-35-4/h7-8,10-13,18-19,25-26H,6,9,14-17H2,1-5H3/t25-,26-/m1/s1. The Morgan fingerprint density at radius 3 is 2.58 bits per heavy atom. The molecule has 0 radical (unpaired) electrons. The molecule has 9 heteroatoms. The zero-order chi connectivity index (χ0) is 27.2. The fourth-order valence-corrected chi connectivity index (χ4v) is 4.82. The molecule has 204 valence electrons. The quantitative estimate of drug-likeness (QED) is 0.194. The molecule has 38 heavy (non-hydrogen) atoms. The molecule has 0 spiro atoms. The highest BCUT2D eigenvalue weighted by molar-refractivity contribution is 6.08. The van der Waals surface area contributed by atoms with Crippen LogP contribution in [0.1, 0.15) is 45.2 Å². The third-order valence-electron chi connectivity index (χ3n) is 6.70. The zero-order valence-corrected chi connectivity index (χ0v) is 22.8. The highest BCUT2D eigenvalue weighted by Crippen LogP contribution is 2.43. The van der Waals surface area contributed by atoms with Crippen LogP contribution >= 0.6 is 0 Å². The summed E-state index contributed by atoms with van der Waals surface area (Å²) in [5.41, 5.74) is 2.29. The van der Waals surface area contributed by atoms with Gasteiger partial charge in [-0.15, -0.1) is 0 Å². The van der Waals surface area contributed by atoms with Gasteiger partial charge in [-0.1, -0.05) is 32.0 Å². The maximum atomic E-state index is 14.0. The lowest BCUT2D eigenvalue weighted by Gasteiger charge is -2.38. The number of hydrogen-bond donors (Lipinski definition) is 0. The van der Waals surface area contributed by atoms with E-state index in [9.17, 15) is 9.59 Å². The van der Waals surface area contributed by atoms with Gasteiger partial charge in [-0.25, -0.2) is 4.98 Å². The Balaban J connectivity index is 1.85. The number of imidazole rings is 1. The van der Waals surface area contributed by atoms with Crippen LogP contribution < -0.4 is 14.4 Å². The number of anilines is 1. The van der Waals surface area contributed by atoms with E-state index in [0.29, 0.717) is 49.5 Å². The number of fused-ring (bicyclic) bond motifs is 3. The number of amides is 1. The number of methoxy groups -OCH3 is 2. The molecule has 0 bridgehead atoms. The molecular formula is C29H37N3O6. The lowest BCUT2D eigenvalue weighted by Crippen LogP contribution is -2.50. The predicted molar refractivity (Wildman–Crippen MR) is 145 cm³/mol. The molecule has 0 N–H and O–H groups in total. The topological polar surface area (TPSA) is 92.1 Å². The Morgan fingerprint density at radius 2 is 1.87 bits per heavy atom. The lowest BCUT2D eigenvalue weighted by atomic mass is 9.89. The Morgan fingerprint density at radius 1 is 1.08 bits per heavy atom. The second-order valence-electron chi connectivity index (χ2n) is 9.72. The van der Waals surface area contributed by atoms with Gasteiger partial charge in [0.25, 0.3) is 0 Å². The molecular weight excluding hydrogens is 486 g/mol. The van der Waals surface area contributed by atoms with Gasteiger partial charge in [-0.2, -0.15) is 0 Å². The van der Waals surface area contributed by atoms with Crippen LogP contribution in [0.4, 0.5) is 5.95 Å². The Kier molecular flexibility index (Phi) is 8.89. The van der Waals surface area contributed by atoms with Crippen LogP contribution in [-0.4, -0.2) is 62.0 Å². The highest BCUT2D eigenvalue weighted by Gasteiger charge is 2.47. The summed E-state index contributed by atoms with van der Waals surface area (Å²) >= 11 is 0. The number of ether oxygens (including phenoxy) is 4. The monoisotopic (exact) mass is 523 g/mol. The molecule has 2 atom stereocenters. The number of esters is 1. The number of carbonyl (C=O) groups excluding carboxylic acids is 2. The maximum absolute atomic E-state index is 14.0. The molecule has 1 amide bonds. The van der Waals surface area contributed by atoms with Crippen LogP contribution in [0.25, 0.3) is 11.0 Å².